The maximum atomic E-state index is 13.5. The number of carbonyl (C=O) groups is 1. The van der Waals surface area contributed by atoms with E-state index in [2.05, 4.69) is 18.7 Å². The van der Waals surface area contributed by atoms with Gasteiger partial charge in [-0.1, -0.05) is 12.1 Å². The molecule has 126 valence electrons. The normalized spacial score (nSPS) is 20.6. The highest BCUT2D eigenvalue weighted by Crippen LogP contribution is 2.26. The zero-order valence-corrected chi connectivity index (χ0v) is 13.9. The highest BCUT2D eigenvalue weighted by atomic mass is 19.1. The van der Waals surface area contributed by atoms with Gasteiger partial charge < -0.3 is 14.5 Å². The summed E-state index contributed by atoms with van der Waals surface area (Å²) in [5.41, 5.74) is 0. The Balaban J connectivity index is 1.44. The quantitative estimate of drug-likeness (QED) is 0.855. The van der Waals surface area contributed by atoms with Crippen molar-refractivity contribution in [3.63, 3.8) is 0 Å². The van der Waals surface area contributed by atoms with Crippen molar-refractivity contribution in [2.45, 2.75) is 38.8 Å². The number of hydrogen-bond acceptors (Lipinski definition) is 3. The number of ether oxygens (including phenoxy) is 1. The first-order chi connectivity index (χ1) is 11.0. The number of likely N-dealkylation sites (tertiary alicyclic amines) is 2. The zero-order chi connectivity index (χ0) is 16.4. The lowest BCUT2D eigenvalue weighted by Gasteiger charge is -2.42. The lowest BCUT2D eigenvalue weighted by atomic mass is 9.93. The largest absolute Gasteiger partial charge is 0.484 e. The Kier molecular flexibility index (Phi) is 4.85. The SMILES string of the molecule is CC(C)N1CCC(C(=O)N2CC(Oc3ccccc3F)C2)CC1. The molecule has 0 N–H and O–H groups in total. The topological polar surface area (TPSA) is 32.8 Å². The van der Waals surface area contributed by atoms with Crippen molar-refractivity contribution in [1.82, 2.24) is 9.80 Å². The van der Waals surface area contributed by atoms with E-state index in [-0.39, 0.29) is 29.5 Å². The van der Waals surface area contributed by atoms with Crippen molar-refractivity contribution in [1.29, 1.82) is 0 Å². The monoisotopic (exact) mass is 320 g/mol. The Hall–Kier alpha value is -1.62. The summed E-state index contributed by atoms with van der Waals surface area (Å²) >= 11 is 0. The van der Waals surface area contributed by atoms with Crippen LogP contribution in [0.1, 0.15) is 26.7 Å². The molecule has 0 aromatic heterocycles. The van der Waals surface area contributed by atoms with Crippen LogP contribution in [0.4, 0.5) is 4.39 Å². The van der Waals surface area contributed by atoms with E-state index in [0.29, 0.717) is 19.1 Å². The Morgan fingerprint density at radius 2 is 1.87 bits per heavy atom. The molecule has 0 spiro atoms. The lowest BCUT2D eigenvalue weighted by molar-refractivity contribution is -0.146. The summed E-state index contributed by atoms with van der Waals surface area (Å²) < 4.78 is 19.2. The molecule has 0 bridgehead atoms. The van der Waals surface area contributed by atoms with Crippen LogP contribution < -0.4 is 4.74 Å². The third-order valence-electron chi connectivity index (χ3n) is 4.90. The lowest BCUT2D eigenvalue weighted by Crippen LogP contribution is -2.58. The van der Waals surface area contributed by atoms with E-state index in [1.54, 1.807) is 18.2 Å². The number of rotatable bonds is 4. The van der Waals surface area contributed by atoms with Crippen molar-refractivity contribution >= 4 is 5.91 Å². The number of carbonyl (C=O) groups excluding carboxylic acids is 1. The average molecular weight is 320 g/mol. The summed E-state index contributed by atoms with van der Waals surface area (Å²) in [5.74, 6) is 0.300. The van der Waals surface area contributed by atoms with Crippen LogP contribution in [0.5, 0.6) is 5.75 Å². The Morgan fingerprint density at radius 3 is 2.48 bits per heavy atom. The fraction of sp³-hybridized carbons (Fsp3) is 0.611. The minimum Gasteiger partial charge on any atom is -0.484 e. The highest BCUT2D eigenvalue weighted by Gasteiger charge is 2.37. The van der Waals surface area contributed by atoms with E-state index in [0.717, 1.165) is 25.9 Å². The van der Waals surface area contributed by atoms with E-state index in [9.17, 15) is 9.18 Å². The molecule has 0 radical (unpaired) electrons. The van der Waals surface area contributed by atoms with Gasteiger partial charge in [-0.3, -0.25) is 4.79 Å². The van der Waals surface area contributed by atoms with Crippen LogP contribution in [0.25, 0.3) is 0 Å². The van der Waals surface area contributed by atoms with Crippen molar-refractivity contribution < 1.29 is 13.9 Å². The molecule has 1 aromatic rings. The van der Waals surface area contributed by atoms with Gasteiger partial charge in [-0.25, -0.2) is 4.39 Å². The van der Waals surface area contributed by atoms with Crippen LogP contribution in [-0.4, -0.2) is 54.0 Å². The van der Waals surface area contributed by atoms with Crippen LogP contribution in [-0.2, 0) is 4.79 Å². The molecule has 4 nitrogen and oxygen atoms in total. The zero-order valence-electron chi connectivity index (χ0n) is 13.9. The van der Waals surface area contributed by atoms with Crippen LogP contribution in [0.3, 0.4) is 0 Å². The van der Waals surface area contributed by atoms with Crippen molar-refractivity contribution in [2.24, 2.45) is 5.92 Å². The molecule has 3 rings (SSSR count). The van der Waals surface area contributed by atoms with Crippen molar-refractivity contribution in [3.8, 4) is 5.75 Å². The second-order valence-corrected chi connectivity index (χ2v) is 6.82. The Bertz CT molecular complexity index is 550. The molecule has 2 fully saturated rings. The molecular weight excluding hydrogens is 295 g/mol. The number of piperidine rings is 1. The molecule has 23 heavy (non-hydrogen) atoms. The van der Waals surface area contributed by atoms with Crippen LogP contribution in [0.15, 0.2) is 24.3 Å². The summed E-state index contributed by atoms with van der Waals surface area (Å²) in [4.78, 5) is 16.8. The number of nitrogens with zero attached hydrogens (tertiary/aromatic N) is 2. The maximum absolute atomic E-state index is 13.5. The van der Waals surface area contributed by atoms with E-state index in [1.165, 1.54) is 6.07 Å². The van der Waals surface area contributed by atoms with E-state index in [4.69, 9.17) is 4.74 Å². The van der Waals surface area contributed by atoms with Gasteiger partial charge in [0.1, 0.15) is 6.10 Å². The smallest absolute Gasteiger partial charge is 0.226 e. The molecule has 1 amide bonds. The first kappa shape index (κ1) is 16.2. The summed E-state index contributed by atoms with van der Waals surface area (Å²) in [7, 11) is 0. The third-order valence-corrected chi connectivity index (χ3v) is 4.90. The maximum Gasteiger partial charge on any atom is 0.226 e. The Labute approximate surface area is 137 Å². The number of halogens is 1. The Morgan fingerprint density at radius 1 is 1.22 bits per heavy atom. The van der Waals surface area contributed by atoms with Crippen molar-refractivity contribution in [3.05, 3.63) is 30.1 Å². The summed E-state index contributed by atoms with van der Waals surface area (Å²) in [6.45, 7) is 7.52. The fourth-order valence-electron chi connectivity index (χ4n) is 3.33. The molecule has 2 aliphatic heterocycles. The minimum absolute atomic E-state index is 0.0911. The first-order valence-corrected chi connectivity index (χ1v) is 8.48. The second kappa shape index (κ2) is 6.87. The van der Waals surface area contributed by atoms with Gasteiger partial charge in [0, 0.05) is 12.0 Å². The van der Waals surface area contributed by atoms with Gasteiger partial charge in [0.25, 0.3) is 0 Å². The molecule has 0 aliphatic carbocycles. The van der Waals surface area contributed by atoms with Crippen LogP contribution >= 0.6 is 0 Å². The molecule has 2 saturated heterocycles. The van der Waals surface area contributed by atoms with Gasteiger partial charge in [0.05, 0.1) is 13.1 Å². The summed E-state index contributed by atoms with van der Waals surface area (Å²) in [5, 5.41) is 0. The highest BCUT2D eigenvalue weighted by molar-refractivity contribution is 5.79. The number of benzene rings is 1. The predicted molar refractivity (Wildman–Crippen MR) is 86.8 cm³/mol. The minimum atomic E-state index is -0.349. The molecule has 0 saturated carbocycles. The van der Waals surface area contributed by atoms with Gasteiger partial charge in [-0.2, -0.15) is 0 Å². The predicted octanol–water partition coefficient (Wildman–Crippen LogP) is 2.54. The van der Waals surface area contributed by atoms with Crippen molar-refractivity contribution in [2.75, 3.05) is 26.2 Å². The molecule has 5 heteroatoms. The van der Waals surface area contributed by atoms with Gasteiger partial charge >= 0.3 is 0 Å². The van der Waals surface area contributed by atoms with Crippen LogP contribution in [0, 0.1) is 11.7 Å². The molecular formula is C18H25FN2O2. The van der Waals surface area contributed by atoms with Gasteiger partial charge in [0.15, 0.2) is 11.6 Å². The van der Waals surface area contributed by atoms with Gasteiger partial charge in [-0.15, -0.1) is 0 Å². The first-order valence-electron chi connectivity index (χ1n) is 8.48. The number of amides is 1. The number of para-hydroxylation sites is 1. The van der Waals surface area contributed by atoms with Crippen LogP contribution in [0.2, 0.25) is 0 Å². The second-order valence-electron chi connectivity index (χ2n) is 6.82. The summed E-state index contributed by atoms with van der Waals surface area (Å²) in [6.07, 6.45) is 1.78. The van der Waals surface area contributed by atoms with Gasteiger partial charge in [-0.05, 0) is 51.9 Å². The van der Waals surface area contributed by atoms with E-state index in [1.807, 2.05) is 4.90 Å². The van der Waals surface area contributed by atoms with Gasteiger partial charge in [0.2, 0.25) is 5.91 Å². The molecule has 0 atom stereocenters. The standard InChI is InChI=1S/C18H25FN2O2/c1-13(2)20-9-7-14(8-10-20)18(22)21-11-15(12-21)23-17-6-4-3-5-16(17)19/h3-6,13-15H,7-12H2,1-2H3. The molecule has 2 heterocycles. The molecule has 2 aliphatic rings. The average Bonchev–Trinajstić information content (AvgIpc) is 2.51. The summed E-state index contributed by atoms with van der Waals surface area (Å²) in [6, 6.07) is 6.96. The van der Waals surface area contributed by atoms with E-state index >= 15 is 0 Å². The van der Waals surface area contributed by atoms with E-state index < -0.39 is 0 Å². The third kappa shape index (κ3) is 3.66. The molecule has 1 aromatic carbocycles. The molecule has 0 unspecified atom stereocenters. The number of hydrogen-bond donors (Lipinski definition) is 0. The fourth-order valence-corrected chi connectivity index (χ4v) is 3.33.